The third-order valence-corrected chi connectivity index (χ3v) is 3.11. The molecular formula is C12H21NO3. The molecule has 0 saturated heterocycles. The molecule has 0 spiro atoms. The summed E-state index contributed by atoms with van der Waals surface area (Å²) in [6.45, 7) is 2.66. The van der Waals surface area contributed by atoms with Crippen LogP contribution in [0.1, 0.15) is 45.4 Å². The zero-order valence-electron chi connectivity index (χ0n) is 9.87. The summed E-state index contributed by atoms with van der Waals surface area (Å²) >= 11 is 0. The van der Waals surface area contributed by atoms with Gasteiger partial charge in [-0.05, 0) is 31.6 Å². The lowest BCUT2D eigenvalue weighted by molar-refractivity contribution is -0.137. The summed E-state index contributed by atoms with van der Waals surface area (Å²) in [6.07, 6.45) is 5.04. The molecule has 0 bridgehead atoms. The van der Waals surface area contributed by atoms with Crippen LogP contribution in [0.5, 0.6) is 0 Å². The second-order valence-electron chi connectivity index (χ2n) is 4.62. The highest BCUT2D eigenvalue weighted by molar-refractivity contribution is 5.78. The molecule has 0 aromatic heterocycles. The molecule has 1 atom stereocenters. The van der Waals surface area contributed by atoms with Gasteiger partial charge in [-0.15, -0.1) is 0 Å². The van der Waals surface area contributed by atoms with Gasteiger partial charge in [-0.25, -0.2) is 0 Å². The first kappa shape index (κ1) is 13.0. The monoisotopic (exact) mass is 227 g/mol. The van der Waals surface area contributed by atoms with E-state index in [1.54, 1.807) is 0 Å². The molecule has 4 nitrogen and oxygen atoms in total. The van der Waals surface area contributed by atoms with Crippen LogP contribution in [0.25, 0.3) is 0 Å². The fraction of sp³-hybridized carbons (Fsp3) is 0.833. The number of hydrogen-bond donors (Lipinski definition) is 2. The Kier molecular flexibility index (Phi) is 5.29. The molecule has 2 N–H and O–H groups in total. The van der Waals surface area contributed by atoms with Crippen molar-refractivity contribution < 1.29 is 14.7 Å². The van der Waals surface area contributed by atoms with E-state index >= 15 is 0 Å². The second-order valence-corrected chi connectivity index (χ2v) is 4.62. The van der Waals surface area contributed by atoms with Gasteiger partial charge in [-0.1, -0.05) is 13.3 Å². The highest BCUT2D eigenvalue weighted by Gasteiger charge is 2.32. The standard InChI is InChI=1S/C12H21NO3/c1-9(10-6-7-10)12(16)13-8-4-2-3-5-11(14)15/h9-10H,2-8H2,1H3,(H,13,16)(H,14,15). The predicted octanol–water partition coefficient (Wildman–Crippen LogP) is 1.79. The van der Waals surface area contributed by atoms with Crippen LogP contribution in [0.4, 0.5) is 0 Å². The van der Waals surface area contributed by atoms with E-state index in [0.29, 0.717) is 18.9 Å². The smallest absolute Gasteiger partial charge is 0.303 e. The highest BCUT2D eigenvalue weighted by atomic mass is 16.4. The number of carboxylic acid groups (broad SMARTS) is 1. The molecule has 1 amide bonds. The molecule has 16 heavy (non-hydrogen) atoms. The number of nitrogens with one attached hydrogen (secondary N) is 1. The van der Waals surface area contributed by atoms with Gasteiger partial charge in [0.1, 0.15) is 0 Å². The summed E-state index contributed by atoms with van der Waals surface area (Å²) in [4.78, 5) is 21.8. The van der Waals surface area contributed by atoms with Crippen LogP contribution in [-0.4, -0.2) is 23.5 Å². The largest absolute Gasteiger partial charge is 0.481 e. The molecule has 92 valence electrons. The molecule has 1 saturated carbocycles. The molecule has 0 radical (unpaired) electrons. The summed E-state index contributed by atoms with van der Waals surface area (Å²) < 4.78 is 0. The SMILES string of the molecule is CC(C(=O)NCCCCCC(=O)O)C1CC1. The maximum absolute atomic E-state index is 11.6. The molecule has 1 aliphatic rings. The zero-order chi connectivity index (χ0) is 12.0. The molecule has 0 aromatic carbocycles. The van der Waals surface area contributed by atoms with Gasteiger partial charge in [0.25, 0.3) is 0 Å². The Bertz CT molecular complexity index is 249. The van der Waals surface area contributed by atoms with Gasteiger partial charge in [0.15, 0.2) is 0 Å². The number of amides is 1. The van der Waals surface area contributed by atoms with Crippen molar-refractivity contribution in [3.63, 3.8) is 0 Å². The van der Waals surface area contributed by atoms with Crippen LogP contribution in [0.2, 0.25) is 0 Å². The Morgan fingerprint density at radius 3 is 2.56 bits per heavy atom. The van der Waals surface area contributed by atoms with Crippen molar-refractivity contribution in [3.8, 4) is 0 Å². The number of carbonyl (C=O) groups excluding carboxylic acids is 1. The maximum Gasteiger partial charge on any atom is 0.303 e. The summed E-state index contributed by atoms with van der Waals surface area (Å²) in [5, 5.41) is 11.3. The van der Waals surface area contributed by atoms with Crippen molar-refractivity contribution in [2.75, 3.05) is 6.54 Å². The molecule has 1 fully saturated rings. The van der Waals surface area contributed by atoms with Crippen LogP contribution in [0.15, 0.2) is 0 Å². The lowest BCUT2D eigenvalue weighted by Gasteiger charge is -2.10. The van der Waals surface area contributed by atoms with Gasteiger partial charge in [-0.2, -0.15) is 0 Å². The Labute approximate surface area is 96.4 Å². The lowest BCUT2D eigenvalue weighted by Crippen LogP contribution is -2.30. The topological polar surface area (TPSA) is 66.4 Å². The normalized spacial score (nSPS) is 16.8. The van der Waals surface area contributed by atoms with Crippen molar-refractivity contribution in [1.82, 2.24) is 5.32 Å². The van der Waals surface area contributed by atoms with Gasteiger partial charge < -0.3 is 10.4 Å². The van der Waals surface area contributed by atoms with Crippen molar-refractivity contribution >= 4 is 11.9 Å². The number of carboxylic acids is 1. The van der Waals surface area contributed by atoms with E-state index < -0.39 is 5.97 Å². The average molecular weight is 227 g/mol. The fourth-order valence-electron chi connectivity index (χ4n) is 1.76. The highest BCUT2D eigenvalue weighted by Crippen LogP contribution is 2.36. The van der Waals surface area contributed by atoms with E-state index in [1.807, 2.05) is 6.92 Å². The lowest BCUT2D eigenvalue weighted by atomic mass is 10.1. The van der Waals surface area contributed by atoms with E-state index in [0.717, 1.165) is 12.8 Å². The molecule has 0 heterocycles. The first-order valence-corrected chi connectivity index (χ1v) is 6.10. The minimum absolute atomic E-state index is 0.152. The fourth-order valence-corrected chi connectivity index (χ4v) is 1.76. The molecule has 1 aliphatic carbocycles. The van der Waals surface area contributed by atoms with Crippen molar-refractivity contribution in [3.05, 3.63) is 0 Å². The Morgan fingerprint density at radius 1 is 1.31 bits per heavy atom. The Morgan fingerprint density at radius 2 is 2.00 bits per heavy atom. The van der Waals surface area contributed by atoms with Crippen LogP contribution in [0, 0.1) is 11.8 Å². The summed E-state index contributed by atoms with van der Waals surface area (Å²) in [5.74, 6) is 0.165. The van der Waals surface area contributed by atoms with Crippen LogP contribution < -0.4 is 5.32 Å². The van der Waals surface area contributed by atoms with Gasteiger partial charge in [-0.3, -0.25) is 9.59 Å². The first-order chi connectivity index (χ1) is 7.61. The van der Waals surface area contributed by atoms with Crippen molar-refractivity contribution in [2.24, 2.45) is 11.8 Å². The average Bonchev–Trinajstić information content (AvgIpc) is 3.05. The van der Waals surface area contributed by atoms with Crippen molar-refractivity contribution in [2.45, 2.75) is 45.4 Å². The predicted molar refractivity (Wildman–Crippen MR) is 61.0 cm³/mol. The first-order valence-electron chi connectivity index (χ1n) is 6.10. The van der Waals surface area contributed by atoms with Crippen LogP contribution in [0.3, 0.4) is 0 Å². The number of carbonyl (C=O) groups is 2. The molecule has 1 rings (SSSR count). The molecule has 4 heteroatoms. The third kappa shape index (κ3) is 5.14. The van der Waals surface area contributed by atoms with Crippen LogP contribution >= 0.6 is 0 Å². The number of aliphatic carboxylic acids is 1. The summed E-state index contributed by atoms with van der Waals surface area (Å²) in [6, 6.07) is 0. The van der Waals surface area contributed by atoms with E-state index in [9.17, 15) is 9.59 Å². The molecule has 1 unspecified atom stereocenters. The number of unbranched alkanes of at least 4 members (excludes halogenated alkanes) is 2. The van der Waals surface area contributed by atoms with Gasteiger partial charge in [0.2, 0.25) is 5.91 Å². The Hall–Kier alpha value is -1.06. The van der Waals surface area contributed by atoms with E-state index in [1.165, 1.54) is 12.8 Å². The van der Waals surface area contributed by atoms with Gasteiger partial charge >= 0.3 is 5.97 Å². The van der Waals surface area contributed by atoms with Gasteiger partial charge in [0.05, 0.1) is 0 Å². The van der Waals surface area contributed by atoms with E-state index in [4.69, 9.17) is 5.11 Å². The van der Waals surface area contributed by atoms with Gasteiger partial charge in [0, 0.05) is 18.9 Å². The van der Waals surface area contributed by atoms with Crippen molar-refractivity contribution in [1.29, 1.82) is 0 Å². The minimum Gasteiger partial charge on any atom is -0.481 e. The van der Waals surface area contributed by atoms with Crippen LogP contribution in [-0.2, 0) is 9.59 Å². The van der Waals surface area contributed by atoms with E-state index in [-0.39, 0.29) is 18.2 Å². The zero-order valence-corrected chi connectivity index (χ0v) is 9.87. The summed E-state index contributed by atoms with van der Waals surface area (Å²) in [5.41, 5.74) is 0. The molecule has 0 aromatic rings. The Balaban J connectivity index is 1.93. The second kappa shape index (κ2) is 6.51. The molecular weight excluding hydrogens is 206 g/mol. The quantitative estimate of drug-likeness (QED) is 0.621. The summed E-state index contributed by atoms with van der Waals surface area (Å²) in [7, 11) is 0. The third-order valence-electron chi connectivity index (χ3n) is 3.11. The number of hydrogen-bond acceptors (Lipinski definition) is 2. The van der Waals surface area contributed by atoms with E-state index in [2.05, 4.69) is 5.32 Å². The molecule has 0 aliphatic heterocycles. The number of rotatable bonds is 8. The minimum atomic E-state index is -0.744. The maximum atomic E-state index is 11.6.